The molecule has 0 fully saturated rings. The van der Waals surface area contributed by atoms with Crippen LogP contribution in [-0.2, 0) is 18.3 Å². The van der Waals surface area contributed by atoms with E-state index in [1.807, 2.05) is 0 Å². The molecule has 0 saturated carbocycles. The van der Waals surface area contributed by atoms with Gasteiger partial charge in [-0.15, -0.1) is 0 Å². The second-order valence-corrected chi connectivity index (χ2v) is 8.54. The number of aromatic amines is 1. The summed E-state index contributed by atoms with van der Waals surface area (Å²) < 4.78 is 28.2. The van der Waals surface area contributed by atoms with E-state index in [-0.39, 0.29) is 24.5 Å². The zero-order chi connectivity index (χ0) is 19.5. The van der Waals surface area contributed by atoms with Gasteiger partial charge in [-0.3, -0.25) is 9.36 Å². The van der Waals surface area contributed by atoms with E-state index in [4.69, 9.17) is 13.8 Å². The molecule has 0 aliphatic heterocycles. The Balaban J connectivity index is 2.35. The average molecular weight is 381 g/mol. The van der Waals surface area contributed by atoms with Crippen LogP contribution in [0.3, 0.4) is 0 Å². The first-order valence-electron chi connectivity index (χ1n) is 8.39. The van der Waals surface area contributed by atoms with Crippen LogP contribution in [0.5, 0.6) is 0 Å². The van der Waals surface area contributed by atoms with E-state index < -0.39 is 24.7 Å². The normalized spacial score (nSPS) is 12.3. The van der Waals surface area contributed by atoms with E-state index in [0.717, 1.165) is 0 Å². The van der Waals surface area contributed by atoms with E-state index >= 15 is 0 Å². The van der Waals surface area contributed by atoms with E-state index in [9.17, 15) is 14.2 Å². The molecule has 26 heavy (non-hydrogen) atoms. The molecular weight excluding hydrogens is 357 g/mol. The number of fused-ring (bicyclic) bond motifs is 1. The maximum absolute atomic E-state index is 12.6. The fourth-order valence-corrected chi connectivity index (χ4v) is 3.81. The molecule has 0 bridgehead atoms. The Labute approximate surface area is 152 Å². The van der Waals surface area contributed by atoms with Gasteiger partial charge in [-0.25, -0.2) is 4.79 Å². The van der Waals surface area contributed by atoms with Crippen molar-refractivity contribution in [3.63, 3.8) is 0 Å². The van der Waals surface area contributed by atoms with E-state index in [2.05, 4.69) is 4.98 Å². The highest BCUT2D eigenvalue weighted by atomic mass is 31.2. The number of benzene rings is 1. The number of hydrogen-bond donors (Lipinski definition) is 1. The third-order valence-electron chi connectivity index (χ3n) is 3.33. The molecule has 1 N–H and O–H groups in total. The number of esters is 1. The van der Waals surface area contributed by atoms with Crippen molar-refractivity contribution in [3.05, 3.63) is 35.5 Å². The molecule has 8 heteroatoms. The van der Waals surface area contributed by atoms with Gasteiger partial charge in [0.05, 0.1) is 13.2 Å². The van der Waals surface area contributed by atoms with Crippen LogP contribution in [-0.4, -0.2) is 35.3 Å². The lowest BCUT2D eigenvalue weighted by Crippen LogP contribution is -2.24. The number of nitrogens with one attached hydrogen (secondary N) is 1. The molecule has 0 aliphatic carbocycles. The van der Waals surface area contributed by atoms with Crippen molar-refractivity contribution < 1.29 is 27.9 Å². The van der Waals surface area contributed by atoms with Crippen molar-refractivity contribution in [2.24, 2.45) is 0 Å². The van der Waals surface area contributed by atoms with E-state index in [0.29, 0.717) is 10.9 Å². The van der Waals surface area contributed by atoms with Crippen molar-refractivity contribution >= 4 is 30.0 Å². The van der Waals surface area contributed by atoms with Crippen LogP contribution in [0.1, 0.15) is 55.5 Å². The topological polar surface area (TPSA) is 94.7 Å². The molecule has 1 heterocycles. The predicted octanol–water partition coefficient (Wildman–Crippen LogP) is 4.53. The van der Waals surface area contributed by atoms with Gasteiger partial charge >= 0.3 is 13.6 Å². The van der Waals surface area contributed by atoms with Gasteiger partial charge in [-0.05, 0) is 58.9 Å². The molecule has 0 aliphatic rings. The average Bonchev–Trinajstić information content (AvgIpc) is 2.96. The summed E-state index contributed by atoms with van der Waals surface area (Å²) in [5.41, 5.74) is -0.195. The van der Waals surface area contributed by atoms with Crippen LogP contribution in [0.25, 0.3) is 10.9 Å². The van der Waals surface area contributed by atoms with Gasteiger partial charge in [0.25, 0.3) is 5.52 Å². The fourth-order valence-electron chi connectivity index (χ4n) is 2.36. The number of carbonyl (C=O) groups excluding carboxylic acids is 2. The highest BCUT2D eigenvalue weighted by Crippen LogP contribution is 2.51. The summed E-state index contributed by atoms with van der Waals surface area (Å²) >= 11 is 0. The Morgan fingerprint density at radius 2 is 1.69 bits per heavy atom. The third kappa shape index (κ3) is 4.61. The molecular formula is C18H24NO6P. The molecule has 1 aromatic carbocycles. The second-order valence-electron chi connectivity index (χ2n) is 6.63. The molecule has 0 unspecified atom stereocenters. The first kappa shape index (κ1) is 20.4. The standard InChI is InChI=1S/C18H24NO6P/c1-6-23-26(22,24-7-2)17(21)12-8-9-14-13(10-12)11-15(19-14)16(20)25-18(3,4)5/h8-11,19H,6-7H2,1-5H3. The van der Waals surface area contributed by atoms with E-state index in [1.165, 1.54) is 6.07 Å². The number of ether oxygens (including phenoxy) is 1. The summed E-state index contributed by atoms with van der Waals surface area (Å²) in [7, 11) is -3.89. The number of carbonyl (C=O) groups is 2. The largest absolute Gasteiger partial charge is 0.455 e. The van der Waals surface area contributed by atoms with Gasteiger partial charge in [-0.2, -0.15) is 0 Å². The van der Waals surface area contributed by atoms with Crippen LogP contribution in [0.4, 0.5) is 0 Å². The quantitative estimate of drug-likeness (QED) is 0.559. The molecule has 1 aromatic heterocycles. The summed E-state index contributed by atoms with van der Waals surface area (Å²) in [6, 6.07) is 6.29. The van der Waals surface area contributed by atoms with Crippen LogP contribution >= 0.6 is 7.60 Å². The Bertz CT molecular complexity index is 854. The minimum Gasteiger partial charge on any atom is -0.455 e. The predicted molar refractivity (Wildman–Crippen MR) is 98.7 cm³/mol. The fraction of sp³-hybridized carbons (Fsp3) is 0.444. The smallest absolute Gasteiger partial charge is 0.401 e. The Morgan fingerprint density at radius 3 is 2.23 bits per heavy atom. The van der Waals surface area contributed by atoms with Crippen molar-refractivity contribution in [1.29, 1.82) is 0 Å². The van der Waals surface area contributed by atoms with Gasteiger partial charge in [0.15, 0.2) is 0 Å². The molecule has 0 spiro atoms. The van der Waals surface area contributed by atoms with Gasteiger partial charge in [0.1, 0.15) is 11.3 Å². The maximum Gasteiger partial charge on any atom is 0.401 e. The summed E-state index contributed by atoms with van der Waals surface area (Å²) in [4.78, 5) is 27.7. The highest BCUT2D eigenvalue weighted by molar-refractivity contribution is 7.72. The highest BCUT2D eigenvalue weighted by Gasteiger charge is 2.35. The second kappa shape index (κ2) is 7.74. The number of rotatable bonds is 7. The zero-order valence-electron chi connectivity index (χ0n) is 15.6. The van der Waals surface area contributed by atoms with Crippen LogP contribution < -0.4 is 0 Å². The number of aromatic nitrogens is 1. The lowest BCUT2D eigenvalue weighted by molar-refractivity contribution is 0.00638. The summed E-state index contributed by atoms with van der Waals surface area (Å²) in [5.74, 6) is -0.490. The molecule has 0 radical (unpaired) electrons. The van der Waals surface area contributed by atoms with Gasteiger partial charge in [-0.1, -0.05) is 0 Å². The molecule has 7 nitrogen and oxygen atoms in total. The monoisotopic (exact) mass is 381 g/mol. The Morgan fingerprint density at radius 1 is 1.08 bits per heavy atom. The molecule has 0 amide bonds. The third-order valence-corrected chi connectivity index (χ3v) is 5.29. The molecule has 0 atom stereocenters. The molecule has 2 rings (SSSR count). The minimum atomic E-state index is -3.89. The van der Waals surface area contributed by atoms with Crippen LogP contribution in [0.2, 0.25) is 0 Å². The molecule has 2 aromatic rings. The first-order valence-corrected chi connectivity index (χ1v) is 9.94. The van der Waals surface area contributed by atoms with Gasteiger partial charge < -0.3 is 18.8 Å². The van der Waals surface area contributed by atoms with Crippen molar-refractivity contribution in [2.45, 2.75) is 40.2 Å². The van der Waals surface area contributed by atoms with Crippen LogP contribution in [0.15, 0.2) is 24.3 Å². The SMILES string of the molecule is CCOP(=O)(OCC)C(=O)c1ccc2[nH]c(C(=O)OC(C)(C)C)cc2c1. The van der Waals surface area contributed by atoms with Crippen molar-refractivity contribution in [3.8, 4) is 0 Å². The molecule has 142 valence electrons. The van der Waals surface area contributed by atoms with E-state index in [1.54, 1.807) is 52.8 Å². The number of hydrogen-bond acceptors (Lipinski definition) is 6. The summed E-state index contributed by atoms with van der Waals surface area (Å²) in [6.45, 7) is 8.81. The van der Waals surface area contributed by atoms with Crippen molar-refractivity contribution in [2.75, 3.05) is 13.2 Å². The van der Waals surface area contributed by atoms with Crippen LogP contribution in [0, 0.1) is 0 Å². The summed E-state index contributed by atoms with van der Waals surface area (Å²) in [5, 5.41) is 0.622. The van der Waals surface area contributed by atoms with Gasteiger partial charge in [0.2, 0.25) is 0 Å². The number of H-pyrrole nitrogens is 1. The van der Waals surface area contributed by atoms with Gasteiger partial charge in [0, 0.05) is 16.5 Å². The minimum absolute atomic E-state index is 0.0954. The Kier molecular flexibility index (Phi) is 6.06. The lowest BCUT2D eigenvalue weighted by Gasteiger charge is -2.18. The molecule has 0 saturated heterocycles. The zero-order valence-corrected chi connectivity index (χ0v) is 16.5. The van der Waals surface area contributed by atoms with Crippen molar-refractivity contribution in [1.82, 2.24) is 4.98 Å². The summed E-state index contributed by atoms with van der Waals surface area (Å²) in [6.07, 6.45) is 0. The Hall–Kier alpha value is -1.95. The lowest BCUT2D eigenvalue weighted by atomic mass is 10.1. The first-order chi connectivity index (χ1) is 12.1. The maximum atomic E-state index is 12.6.